The van der Waals surface area contributed by atoms with Crippen molar-refractivity contribution in [2.45, 2.75) is 75.9 Å². The lowest BCUT2D eigenvalue weighted by Gasteiger charge is -2.36. The molecular formula is C19H30N4O4. The fourth-order valence-electron chi connectivity index (χ4n) is 3.77. The summed E-state index contributed by atoms with van der Waals surface area (Å²) in [7, 11) is 0. The molecule has 150 valence electrons. The summed E-state index contributed by atoms with van der Waals surface area (Å²) in [6.45, 7) is 1.99. The van der Waals surface area contributed by atoms with Gasteiger partial charge in [0.2, 0.25) is 5.91 Å². The van der Waals surface area contributed by atoms with Gasteiger partial charge in [-0.15, -0.1) is 0 Å². The van der Waals surface area contributed by atoms with Crippen molar-refractivity contribution in [3.63, 3.8) is 0 Å². The minimum atomic E-state index is -0.191. The van der Waals surface area contributed by atoms with Crippen LogP contribution in [0, 0.1) is 0 Å². The van der Waals surface area contributed by atoms with E-state index in [4.69, 9.17) is 10.3 Å². The third-order valence-electron chi connectivity index (χ3n) is 5.34. The normalized spacial score (nSPS) is 23.7. The summed E-state index contributed by atoms with van der Waals surface area (Å²) in [5, 5.41) is 16.4. The molecule has 8 heteroatoms. The molecule has 0 radical (unpaired) electrons. The quantitative estimate of drug-likeness (QED) is 0.624. The first-order valence-corrected chi connectivity index (χ1v) is 9.91. The van der Waals surface area contributed by atoms with Gasteiger partial charge in [-0.2, -0.15) is 0 Å². The number of nitrogens with two attached hydrogens (primary N) is 1. The standard InChI is InChI=1S/C19H30N4O4/c1-12(20)10-18(25)21-14-4-6-15(7-5-14)23(8-9-24)19(26)16-11-17(27-22-16)13-2-3-13/h11-15,24H,2-10,20H2,1H3,(H,21,25)/t12-,14-,15-/m1/s1. The lowest BCUT2D eigenvalue weighted by Crippen LogP contribution is -2.47. The van der Waals surface area contributed by atoms with Crippen LogP contribution in [-0.2, 0) is 4.79 Å². The topological polar surface area (TPSA) is 122 Å². The van der Waals surface area contributed by atoms with E-state index in [2.05, 4.69) is 10.5 Å². The molecule has 2 fully saturated rings. The van der Waals surface area contributed by atoms with E-state index in [1.165, 1.54) is 0 Å². The molecule has 1 aromatic rings. The summed E-state index contributed by atoms with van der Waals surface area (Å²) in [4.78, 5) is 26.5. The van der Waals surface area contributed by atoms with Crippen LogP contribution < -0.4 is 11.1 Å². The van der Waals surface area contributed by atoms with Crippen molar-refractivity contribution in [2.75, 3.05) is 13.2 Å². The second-order valence-corrected chi connectivity index (χ2v) is 7.87. The molecule has 0 aliphatic heterocycles. The molecule has 0 bridgehead atoms. The lowest BCUT2D eigenvalue weighted by atomic mass is 9.89. The highest BCUT2D eigenvalue weighted by Gasteiger charge is 2.33. The fourth-order valence-corrected chi connectivity index (χ4v) is 3.77. The van der Waals surface area contributed by atoms with Gasteiger partial charge in [-0.25, -0.2) is 0 Å². The van der Waals surface area contributed by atoms with E-state index in [1.54, 1.807) is 11.0 Å². The highest BCUT2D eigenvalue weighted by molar-refractivity contribution is 5.92. The van der Waals surface area contributed by atoms with Crippen LogP contribution in [0.25, 0.3) is 0 Å². The van der Waals surface area contributed by atoms with Gasteiger partial charge in [0.25, 0.3) is 5.91 Å². The molecule has 2 aliphatic carbocycles. The number of amides is 2. The molecule has 2 amide bonds. The molecule has 1 heterocycles. The Morgan fingerprint density at radius 1 is 1.33 bits per heavy atom. The van der Waals surface area contributed by atoms with Gasteiger partial charge >= 0.3 is 0 Å². The first kappa shape index (κ1) is 19.8. The average molecular weight is 378 g/mol. The second-order valence-electron chi connectivity index (χ2n) is 7.87. The van der Waals surface area contributed by atoms with Gasteiger partial charge in [-0.05, 0) is 45.4 Å². The molecule has 8 nitrogen and oxygen atoms in total. The Morgan fingerprint density at radius 2 is 2.04 bits per heavy atom. The van der Waals surface area contributed by atoms with Crippen molar-refractivity contribution in [1.29, 1.82) is 0 Å². The minimum absolute atomic E-state index is 0.0213. The number of aromatic nitrogens is 1. The molecule has 3 rings (SSSR count). The molecule has 4 N–H and O–H groups in total. The number of carbonyl (C=O) groups excluding carboxylic acids is 2. The zero-order valence-electron chi connectivity index (χ0n) is 15.9. The molecule has 2 aliphatic rings. The molecule has 0 saturated heterocycles. The minimum Gasteiger partial charge on any atom is -0.395 e. The first-order chi connectivity index (χ1) is 13.0. The molecule has 27 heavy (non-hydrogen) atoms. The molecule has 0 unspecified atom stereocenters. The molecule has 1 atom stereocenters. The van der Waals surface area contributed by atoms with Gasteiger partial charge in [-0.3, -0.25) is 9.59 Å². The number of rotatable bonds is 8. The lowest BCUT2D eigenvalue weighted by molar-refractivity contribution is -0.122. The number of nitrogens with zero attached hydrogens (tertiary/aromatic N) is 2. The van der Waals surface area contributed by atoms with E-state index in [0.29, 0.717) is 18.0 Å². The maximum absolute atomic E-state index is 12.9. The van der Waals surface area contributed by atoms with E-state index in [-0.39, 0.29) is 43.1 Å². The Bertz CT molecular complexity index is 648. The number of aliphatic hydroxyl groups is 1. The van der Waals surface area contributed by atoms with Crippen LogP contribution in [0.15, 0.2) is 10.6 Å². The predicted molar refractivity (Wildman–Crippen MR) is 99.1 cm³/mol. The number of aliphatic hydroxyl groups excluding tert-OH is 1. The summed E-state index contributed by atoms with van der Waals surface area (Å²) >= 11 is 0. The van der Waals surface area contributed by atoms with Crippen molar-refractivity contribution in [2.24, 2.45) is 5.73 Å². The Hall–Kier alpha value is -1.93. The Labute approximate surface area is 159 Å². The Kier molecular flexibility index (Phi) is 6.49. The Balaban J connectivity index is 1.55. The van der Waals surface area contributed by atoms with Crippen LogP contribution in [-0.4, -0.2) is 58.3 Å². The van der Waals surface area contributed by atoms with Crippen molar-refractivity contribution < 1.29 is 19.2 Å². The highest BCUT2D eigenvalue weighted by Crippen LogP contribution is 2.40. The van der Waals surface area contributed by atoms with Crippen LogP contribution in [0.5, 0.6) is 0 Å². The molecule has 1 aromatic heterocycles. The number of nitrogens with one attached hydrogen (secondary N) is 1. The number of hydrogen-bond acceptors (Lipinski definition) is 6. The monoisotopic (exact) mass is 378 g/mol. The van der Waals surface area contributed by atoms with Crippen LogP contribution in [0.2, 0.25) is 0 Å². The number of hydrogen-bond donors (Lipinski definition) is 3. The van der Waals surface area contributed by atoms with Gasteiger partial charge in [-0.1, -0.05) is 5.16 Å². The van der Waals surface area contributed by atoms with Crippen molar-refractivity contribution in [3.05, 3.63) is 17.5 Å². The summed E-state index contributed by atoms with van der Waals surface area (Å²) in [5.74, 6) is 0.972. The second kappa shape index (κ2) is 8.84. The average Bonchev–Trinajstić information content (AvgIpc) is 3.36. The van der Waals surface area contributed by atoms with Crippen LogP contribution >= 0.6 is 0 Å². The van der Waals surface area contributed by atoms with E-state index in [0.717, 1.165) is 44.3 Å². The molecular weight excluding hydrogens is 348 g/mol. The fraction of sp³-hybridized carbons (Fsp3) is 0.737. The molecule has 0 spiro atoms. The largest absolute Gasteiger partial charge is 0.395 e. The number of carbonyl (C=O) groups is 2. The van der Waals surface area contributed by atoms with Gasteiger partial charge in [0.05, 0.1) is 6.61 Å². The van der Waals surface area contributed by atoms with Crippen molar-refractivity contribution in [1.82, 2.24) is 15.4 Å². The van der Waals surface area contributed by atoms with Crippen molar-refractivity contribution >= 4 is 11.8 Å². The molecule has 2 saturated carbocycles. The summed E-state index contributed by atoms with van der Waals surface area (Å²) < 4.78 is 5.30. The van der Waals surface area contributed by atoms with Crippen LogP contribution in [0.3, 0.4) is 0 Å². The smallest absolute Gasteiger partial charge is 0.276 e. The first-order valence-electron chi connectivity index (χ1n) is 9.91. The maximum Gasteiger partial charge on any atom is 0.276 e. The third-order valence-corrected chi connectivity index (χ3v) is 5.34. The van der Waals surface area contributed by atoms with Crippen LogP contribution in [0.4, 0.5) is 0 Å². The van der Waals surface area contributed by atoms with E-state index in [1.807, 2.05) is 6.92 Å². The van der Waals surface area contributed by atoms with Gasteiger partial charge in [0.15, 0.2) is 5.69 Å². The summed E-state index contributed by atoms with van der Waals surface area (Å²) in [6.07, 6.45) is 5.66. The van der Waals surface area contributed by atoms with Gasteiger partial charge < -0.3 is 25.6 Å². The Morgan fingerprint density at radius 3 is 2.63 bits per heavy atom. The zero-order valence-corrected chi connectivity index (χ0v) is 15.9. The summed E-state index contributed by atoms with van der Waals surface area (Å²) in [6, 6.07) is 1.74. The van der Waals surface area contributed by atoms with E-state index in [9.17, 15) is 14.7 Å². The highest BCUT2D eigenvalue weighted by atomic mass is 16.5. The van der Waals surface area contributed by atoms with E-state index >= 15 is 0 Å². The van der Waals surface area contributed by atoms with Crippen molar-refractivity contribution in [3.8, 4) is 0 Å². The zero-order chi connectivity index (χ0) is 19.4. The third kappa shape index (κ3) is 5.29. The SMILES string of the molecule is C[C@@H](N)CC(=O)N[C@H]1CC[C@H](N(CCO)C(=O)c2cc(C3CC3)on2)CC1. The predicted octanol–water partition coefficient (Wildman–Crippen LogP) is 1.15. The maximum atomic E-state index is 12.9. The van der Waals surface area contributed by atoms with Gasteiger partial charge in [0, 0.05) is 43.1 Å². The summed E-state index contributed by atoms with van der Waals surface area (Å²) in [5.41, 5.74) is 5.98. The molecule has 0 aromatic carbocycles. The van der Waals surface area contributed by atoms with Gasteiger partial charge in [0.1, 0.15) is 5.76 Å². The van der Waals surface area contributed by atoms with Crippen LogP contribution in [0.1, 0.15) is 74.0 Å². The van der Waals surface area contributed by atoms with E-state index < -0.39 is 0 Å².